The number of amides is 1. The van der Waals surface area contributed by atoms with Gasteiger partial charge in [-0.25, -0.2) is 4.79 Å². The van der Waals surface area contributed by atoms with Crippen molar-refractivity contribution in [1.29, 1.82) is 5.26 Å². The zero-order valence-corrected chi connectivity index (χ0v) is 16.9. The number of esters is 1. The Morgan fingerprint density at radius 3 is 2.07 bits per heavy atom. The van der Waals surface area contributed by atoms with Crippen LogP contribution in [0.5, 0.6) is 0 Å². The summed E-state index contributed by atoms with van der Waals surface area (Å²) < 4.78 is 5.21. The number of benzene rings is 2. The van der Waals surface area contributed by atoms with Gasteiger partial charge in [0.1, 0.15) is 5.40 Å². The molecule has 0 heterocycles. The number of hydrogen-bond acceptors (Lipinski definition) is 5. The van der Waals surface area contributed by atoms with Gasteiger partial charge in [0, 0.05) is 10.6 Å². The van der Waals surface area contributed by atoms with E-state index in [0.29, 0.717) is 11.3 Å². The third-order valence-corrected chi connectivity index (χ3v) is 4.71. The summed E-state index contributed by atoms with van der Waals surface area (Å²) >= 11 is 1.07. The van der Waals surface area contributed by atoms with Crippen molar-refractivity contribution in [3.63, 3.8) is 0 Å². The lowest BCUT2D eigenvalue weighted by Gasteiger charge is -2.14. The summed E-state index contributed by atoms with van der Waals surface area (Å²) in [6.07, 6.45) is 0. The number of aryl methyl sites for hydroxylation is 5. The Balaban J connectivity index is 2.05. The lowest BCUT2D eigenvalue weighted by molar-refractivity contribution is -0.119. The molecular weight excluding hydrogens is 360 g/mol. The van der Waals surface area contributed by atoms with Crippen molar-refractivity contribution < 1.29 is 14.3 Å². The Labute approximate surface area is 163 Å². The molecule has 2 rings (SSSR count). The van der Waals surface area contributed by atoms with Crippen molar-refractivity contribution in [3.8, 4) is 5.40 Å². The maximum absolute atomic E-state index is 12.4. The lowest BCUT2D eigenvalue weighted by atomic mass is 10.00. The number of anilines is 1. The van der Waals surface area contributed by atoms with E-state index in [1.807, 2.05) is 64.3 Å². The van der Waals surface area contributed by atoms with Gasteiger partial charge in [0.05, 0.1) is 5.56 Å². The van der Waals surface area contributed by atoms with E-state index in [1.54, 1.807) is 0 Å². The molecule has 0 atom stereocenters. The molecule has 27 heavy (non-hydrogen) atoms. The molecule has 5 nitrogen and oxygen atoms in total. The van der Waals surface area contributed by atoms with Gasteiger partial charge in [-0.15, -0.1) is 0 Å². The third kappa shape index (κ3) is 5.11. The smallest absolute Gasteiger partial charge is 0.339 e. The number of rotatable bonds is 5. The molecule has 0 aliphatic heterocycles. The van der Waals surface area contributed by atoms with E-state index in [-0.39, 0.29) is 6.61 Å². The molecule has 0 aromatic heterocycles. The summed E-state index contributed by atoms with van der Waals surface area (Å²) in [7, 11) is 0. The van der Waals surface area contributed by atoms with E-state index in [9.17, 15) is 9.59 Å². The molecular formula is C21H22N2O3S. The average Bonchev–Trinajstić information content (AvgIpc) is 2.55. The second-order valence-corrected chi connectivity index (χ2v) is 7.38. The number of nitrogens with zero attached hydrogens (tertiary/aromatic N) is 1. The van der Waals surface area contributed by atoms with Crippen molar-refractivity contribution in [2.75, 3.05) is 11.9 Å². The highest BCUT2D eigenvalue weighted by molar-refractivity contribution is 8.03. The van der Waals surface area contributed by atoms with Crippen molar-refractivity contribution >= 4 is 29.3 Å². The minimum atomic E-state index is -0.505. The number of thioether (sulfide) groups is 1. The number of nitriles is 1. The third-order valence-electron chi connectivity index (χ3n) is 4.15. The predicted octanol–water partition coefficient (Wildman–Crippen LogP) is 4.60. The van der Waals surface area contributed by atoms with Gasteiger partial charge in [0.2, 0.25) is 0 Å². The molecule has 0 spiro atoms. The van der Waals surface area contributed by atoms with E-state index in [4.69, 9.17) is 10.00 Å². The van der Waals surface area contributed by atoms with Crippen LogP contribution in [0.2, 0.25) is 0 Å². The summed E-state index contributed by atoms with van der Waals surface area (Å²) in [5, 5.41) is 13.6. The molecule has 0 fully saturated rings. The van der Waals surface area contributed by atoms with Crippen LogP contribution in [0.3, 0.4) is 0 Å². The molecule has 2 aromatic carbocycles. The Kier molecular flexibility index (Phi) is 6.65. The molecule has 0 radical (unpaired) electrons. The average molecular weight is 382 g/mol. The molecule has 2 aromatic rings. The van der Waals surface area contributed by atoms with E-state index >= 15 is 0 Å². The molecule has 140 valence electrons. The zero-order valence-electron chi connectivity index (χ0n) is 16.1. The molecule has 0 saturated heterocycles. The largest absolute Gasteiger partial charge is 0.452 e. The van der Waals surface area contributed by atoms with Crippen molar-refractivity contribution in [2.24, 2.45) is 0 Å². The molecule has 0 saturated carbocycles. The lowest BCUT2D eigenvalue weighted by Crippen LogP contribution is -2.22. The van der Waals surface area contributed by atoms with E-state index in [0.717, 1.165) is 44.5 Å². The molecule has 1 amide bonds. The van der Waals surface area contributed by atoms with E-state index in [2.05, 4.69) is 5.32 Å². The Bertz CT molecular complexity index is 899. The number of carbonyl (C=O) groups excluding carboxylic acids is 2. The second kappa shape index (κ2) is 8.74. The van der Waals surface area contributed by atoms with Gasteiger partial charge in [0.25, 0.3) is 5.91 Å². The molecule has 6 heteroatoms. The van der Waals surface area contributed by atoms with Crippen molar-refractivity contribution in [1.82, 2.24) is 0 Å². The number of thiocyanates is 1. The van der Waals surface area contributed by atoms with Gasteiger partial charge in [-0.1, -0.05) is 17.7 Å². The van der Waals surface area contributed by atoms with Crippen molar-refractivity contribution in [2.45, 2.75) is 39.5 Å². The molecule has 0 aliphatic rings. The normalized spacial score (nSPS) is 10.2. The van der Waals surface area contributed by atoms with Crippen LogP contribution in [0.1, 0.15) is 38.2 Å². The molecule has 1 N–H and O–H groups in total. The minimum Gasteiger partial charge on any atom is -0.452 e. The summed E-state index contributed by atoms with van der Waals surface area (Å²) in [6, 6.07) is 7.50. The van der Waals surface area contributed by atoms with E-state index < -0.39 is 11.9 Å². The highest BCUT2D eigenvalue weighted by Crippen LogP contribution is 2.27. The summed E-state index contributed by atoms with van der Waals surface area (Å²) in [6.45, 7) is 9.02. The first-order valence-electron chi connectivity index (χ1n) is 8.45. The van der Waals surface area contributed by atoms with Gasteiger partial charge in [-0.05, 0) is 80.8 Å². The number of ether oxygens (including phenoxy) is 1. The van der Waals surface area contributed by atoms with Gasteiger partial charge in [0.15, 0.2) is 6.61 Å². The summed E-state index contributed by atoms with van der Waals surface area (Å²) in [5.74, 6) is -0.910. The highest BCUT2D eigenvalue weighted by atomic mass is 32.2. The Morgan fingerprint density at radius 2 is 1.56 bits per heavy atom. The maximum atomic E-state index is 12.4. The van der Waals surface area contributed by atoms with Crippen LogP contribution >= 0.6 is 11.8 Å². The van der Waals surface area contributed by atoms with Crippen LogP contribution in [0, 0.1) is 45.3 Å². The van der Waals surface area contributed by atoms with Crippen LogP contribution in [-0.2, 0) is 9.53 Å². The first-order chi connectivity index (χ1) is 12.7. The minimum absolute atomic E-state index is 0.362. The number of hydrogen-bond donors (Lipinski definition) is 1. The molecule has 0 unspecified atom stereocenters. The van der Waals surface area contributed by atoms with Gasteiger partial charge in [-0.3, -0.25) is 4.79 Å². The standard InChI is InChI=1S/C21H22N2O3S/c1-12-6-13(2)19(14(3)7-12)21(25)26-10-18(24)23-20-15(4)8-17(27-11-22)9-16(20)5/h6-9H,10H2,1-5H3,(H,23,24). The maximum Gasteiger partial charge on any atom is 0.339 e. The SMILES string of the molecule is Cc1cc(C)c(C(=O)OCC(=O)Nc2c(C)cc(SC#N)cc2C)c(C)c1. The molecule has 0 aliphatic carbocycles. The van der Waals surface area contributed by atoms with E-state index in [1.165, 1.54) is 0 Å². The monoisotopic (exact) mass is 382 g/mol. The summed E-state index contributed by atoms with van der Waals surface area (Å²) in [5.41, 5.74) is 5.59. The van der Waals surface area contributed by atoms with Crippen LogP contribution in [0.25, 0.3) is 0 Å². The summed E-state index contributed by atoms with van der Waals surface area (Å²) in [4.78, 5) is 25.4. The number of carbonyl (C=O) groups is 2. The second-order valence-electron chi connectivity index (χ2n) is 6.52. The van der Waals surface area contributed by atoms with Crippen LogP contribution in [-0.4, -0.2) is 18.5 Å². The predicted molar refractivity (Wildman–Crippen MR) is 107 cm³/mol. The first-order valence-corrected chi connectivity index (χ1v) is 9.26. The fourth-order valence-corrected chi connectivity index (χ4v) is 3.69. The fraction of sp³-hybridized carbons (Fsp3) is 0.286. The fourth-order valence-electron chi connectivity index (χ4n) is 3.11. The van der Waals surface area contributed by atoms with Crippen LogP contribution < -0.4 is 5.32 Å². The van der Waals surface area contributed by atoms with Crippen LogP contribution in [0.15, 0.2) is 29.2 Å². The van der Waals surface area contributed by atoms with Gasteiger partial charge >= 0.3 is 5.97 Å². The highest BCUT2D eigenvalue weighted by Gasteiger charge is 2.17. The quantitative estimate of drug-likeness (QED) is 0.464. The van der Waals surface area contributed by atoms with Gasteiger partial charge in [-0.2, -0.15) is 5.26 Å². The number of nitrogens with one attached hydrogen (secondary N) is 1. The first kappa shape index (κ1) is 20.5. The van der Waals surface area contributed by atoms with Crippen molar-refractivity contribution in [3.05, 3.63) is 57.6 Å². The zero-order chi connectivity index (χ0) is 20.1. The Morgan fingerprint density at radius 1 is 1.00 bits per heavy atom. The Hall–Kier alpha value is -2.78. The topological polar surface area (TPSA) is 79.2 Å². The van der Waals surface area contributed by atoms with Crippen LogP contribution in [0.4, 0.5) is 5.69 Å². The van der Waals surface area contributed by atoms with Gasteiger partial charge < -0.3 is 10.1 Å². The molecule has 0 bridgehead atoms.